The van der Waals surface area contributed by atoms with Crippen LogP contribution in [0.1, 0.15) is 27.7 Å². The van der Waals surface area contributed by atoms with Crippen LogP contribution in [-0.4, -0.2) is 53.9 Å². The minimum Gasteiger partial charge on any atom is -0.399 e. The van der Waals surface area contributed by atoms with Gasteiger partial charge in [0, 0.05) is 30.1 Å². The fraction of sp³-hybridized carbons (Fsp3) is 0.588. The first-order valence-corrected chi connectivity index (χ1v) is 9.24. The molecule has 0 aliphatic carbocycles. The highest BCUT2D eigenvalue weighted by atomic mass is 31.0. The number of anilines is 1. The summed E-state index contributed by atoms with van der Waals surface area (Å²) < 4.78 is 19.9. The lowest BCUT2D eigenvalue weighted by Crippen LogP contribution is -2.41. The van der Waals surface area contributed by atoms with E-state index in [1.807, 2.05) is 16.7 Å². The van der Waals surface area contributed by atoms with Gasteiger partial charge in [0.05, 0.1) is 36.3 Å². The molecule has 2 aliphatic rings. The Labute approximate surface area is 151 Å². The van der Waals surface area contributed by atoms with Gasteiger partial charge < -0.3 is 23.3 Å². The molecule has 0 bridgehead atoms. The van der Waals surface area contributed by atoms with Crippen molar-refractivity contribution in [1.29, 1.82) is 0 Å². The minimum absolute atomic E-state index is 0.359. The van der Waals surface area contributed by atoms with Gasteiger partial charge in [-0.3, -0.25) is 0 Å². The number of hydrogen-bond acceptors (Lipinski definition) is 5. The SMILES string of the molecule is CC1(C)OB(c2cn(P)c3ncc(N4CCOCC4)cc23)OC1(C)C. The molecule has 0 N–H and O–H groups in total. The normalized spacial score (nSPS) is 22.8. The average Bonchev–Trinajstić information content (AvgIpc) is 3.01. The van der Waals surface area contributed by atoms with Crippen LogP contribution in [0, 0.1) is 0 Å². The number of morpholine rings is 1. The van der Waals surface area contributed by atoms with Crippen LogP contribution in [0.2, 0.25) is 0 Å². The van der Waals surface area contributed by atoms with Crippen molar-refractivity contribution in [2.24, 2.45) is 0 Å². The molecule has 2 saturated heterocycles. The highest BCUT2D eigenvalue weighted by Crippen LogP contribution is 2.37. The van der Waals surface area contributed by atoms with Crippen molar-refractivity contribution >= 4 is 38.7 Å². The van der Waals surface area contributed by atoms with Crippen LogP contribution in [0.5, 0.6) is 0 Å². The van der Waals surface area contributed by atoms with Gasteiger partial charge in [-0.15, -0.1) is 0 Å². The highest BCUT2D eigenvalue weighted by Gasteiger charge is 2.52. The summed E-state index contributed by atoms with van der Waals surface area (Å²) in [5.74, 6) is 0. The van der Waals surface area contributed by atoms with E-state index >= 15 is 0 Å². The zero-order valence-corrected chi connectivity index (χ0v) is 16.4. The maximum Gasteiger partial charge on any atom is 0.497 e. The first kappa shape index (κ1) is 17.3. The van der Waals surface area contributed by atoms with Gasteiger partial charge in [-0.2, -0.15) is 0 Å². The van der Waals surface area contributed by atoms with E-state index in [2.05, 4.69) is 53.0 Å². The van der Waals surface area contributed by atoms with Crippen molar-refractivity contribution in [2.75, 3.05) is 31.2 Å². The summed E-state index contributed by atoms with van der Waals surface area (Å²) in [6, 6.07) is 2.19. The fourth-order valence-corrected chi connectivity index (χ4v) is 3.66. The number of aromatic nitrogens is 2. The second-order valence-corrected chi connectivity index (χ2v) is 8.30. The first-order chi connectivity index (χ1) is 11.8. The summed E-state index contributed by atoms with van der Waals surface area (Å²) in [7, 11) is 2.30. The molecular weight excluding hydrogens is 336 g/mol. The molecule has 0 aromatic carbocycles. The smallest absolute Gasteiger partial charge is 0.399 e. The molecule has 2 aliphatic heterocycles. The molecule has 0 radical (unpaired) electrons. The minimum atomic E-state index is -0.393. The lowest BCUT2D eigenvalue weighted by atomic mass is 9.79. The van der Waals surface area contributed by atoms with Crippen LogP contribution in [0.4, 0.5) is 5.69 Å². The van der Waals surface area contributed by atoms with Gasteiger partial charge in [0.15, 0.2) is 0 Å². The number of nitrogens with zero attached hydrogens (tertiary/aromatic N) is 3. The monoisotopic (exact) mass is 361 g/mol. The molecule has 2 aromatic rings. The molecule has 2 aromatic heterocycles. The Morgan fingerprint density at radius 2 is 1.76 bits per heavy atom. The Balaban J connectivity index is 1.74. The van der Waals surface area contributed by atoms with Crippen LogP contribution in [-0.2, 0) is 14.0 Å². The van der Waals surface area contributed by atoms with Crippen LogP contribution >= 0.6 is 9.39 Å². The Hall–Kier alpha value is -1.14. The zero-order chi connectivity index (χ0) is 17.8. The quantitative estimate of drug-likeness (QED) is 0.603. The molecule has 4 rings (SSSR count). The third-order valence-corrected chi connectivity index (χ3v) is 5.96. The van der Waals surface area contributed by atoms with Gasteiger partial charge >= 0.3 is 7.12 Å². The largest absolute Gasteiger partial charge is 0.497 e. The summed E-state index contributed by atoms with van der Waals surface area (Å²) in [4.78, 5) is 6.98. The molecule has 25 heavy (non-hydrogen) atoms. The summed E-state index contributed by atoms with van der Waals surface area (Å²) >= 11 is 0. The molecule has 0 amide bonds. The van der Waals surface area contributed by atoms with E-state index in [9.17, 15) is 0 Å². The van der Waals surface area contributed by atoms with Gasteiger partial charge in [-0.05, 0) is 43.2 Å². The summed E-state index contributed by atoms with van der Waals surface area (Å²) in [5.41, 5.74) is 2.33. The molecule has 2 fully saturated rings. The lowest BCUT2D eigenvalue weighted by Gasteiger charge is -2.32. The summed E-state index contributed by atoms with van der Waals surface area (Å²) in [6.45, 7) is 11.6. The maximum absolute atomic E-state index is 6.25. The van der Waals surface area contributed by atoms with Crippen molar-refractivity contribution in [3.63, 3.8) is 0 Å². The van der Waals surface area contributed by atoms with E-state index in [1.165, 1.54) is 0 Å². The lowest BCUT2D eigenvalue weighted by molar-refractivity contribution is 0.00578. The highest BCUT2D eigenvalue weighted by molar-refractivity contribution is 7.15. The van der Waals surface area contributed by atoms with Crippen molar-refractivity contribution in [1.82, 2.24) is 9.32 Å². The van der Waals surface area contributed by atoms with E-state index in [-0.39, 0.29) is 11.2 Å². The van der Waals surface area contributed by atoms with Crippen LogP contribution in [0.25, 0.3) is 11.0 Å². The van der Waals surface area contributed by atoms with Crippen LogP contribution in [0.15, 0.2) is 18.5 Å². The molecule has 6 nitrogen and oxygen atoms in total. The van der Waals surface area contributed by atoms with E-state index in [0.29, 0.717) is 0 Å². The van der Waals surface area contributed by atoms with Crippen molar-refractivity contribution in [2.45, 2.75) is 38.9 Å². The topological polar surface area (TPSA) is 48.8 Å². The Morgan fingerprint density at radius 1 is 1.12 bits per heavy atom. The molecule has 0 spiro atoms. The fourth-order valence-electron chi connectivity index (χ4n) is 3.30. The number of ether oxygens (including phenoxy) is 1. The Morgan fingerprint density at radius 3 is 2.40 bits per heavy atom. The number of pyridine rings is 1. The molecule has 134 valence electrons. The van der Waals surface area contributed by atoms with Crippen LogP contribution in [0.3, 0.4) is 0 Å². The predicted octanol–water partition coefficient (Wildman–Crippen LogP) is 1.81. The second-order valence-electron chi connectivity index (χ2n) is 7.74. The third kappa shape index (κ3) is 2.87. The predicted molar refractivity (Wildman–Crippen MR) is 104 cm³/mol. The van der Waals surface area contributed by atoms with E-state index in [4.69, 9.17) is 14.0 Å². The Bertz CT molecular complexity index is 786. The number of hydrogen-bond donors (Lipinski definition) is 0. The average molecular weight is 361 g/mol. The molecule has 8 heteroatoms. The van der Waals surface area contributed by atoms with E-state index in [1.54, 1.807) is 0 Å². The standard InChI is InChI=1S/C17H25BN3O3P/c1-16(2)17(3,4)24-18(23-16)14-11-21(25)15-13(14)9-12(10-19-15)20-5-7-22-8-6-20/h9-11H,5-8,25H2,1-4H3. The first-order valence-electron chi connectivity index (χ1n) is 8.73. The molecule has 0 saturated carbocycles. The molecule has 1 unspecified atom stereocenters. The Kier molecular flexibility index (Phi) is 4.11. The van der Waals surface area contributed by atoms with E-state index < -0.39 is 7.12 Å². The summed E-state index contributed by atoms with van der Waals surface area (Å²) in [6.07, 6.45) is 3.97. The molecule has 1 atom stereocenters. The van der Waals surface area contributed by atoms with Crippen LogP contribution < -0.4 is 10.4 Å². The van der Waals surface area contributed by atoms with Gasteiger partial charge in [-0.25, -0.2) is 4.98 Å². The molecular formula is C17H25BN3O3P. The van der Waals surface area contributed by atoms with Crippen molar-refractivity contribution in [3.05, 3.63) is 18.5 Å². The van der Waals surface area contributed by atoms with Crippen molar-refractivity contribution < 1.29 is 14.0 Å². The van der Waals surface area contributed by atoms with Gasteiger partial charge in [0.2, 0.25) is 0 Å². The van der Waals surface area contributed by atoms with Gasteiger partial charge in [0.1, 0.15) is 5.65 Å². The molecule has 4 heterocycles. The van der Waals surface area contributed by atoms with Gasteiger partial charge in [-0.1, -0.05) is 0 Å². The maximum atomic E-state index is 6.25. The van der Waals surface area contributed by atoms with Crippen molar-refractivity contribution in [3.8, 4) is 0 Å². The number of rotatable bonds is 2. The second kappa shape index (κ2) is 5.95. The number of fused-ring (bicyclic) bond motifs is 1. The van der Waals surface area contributed by atoms with Gasteiger partial charge in [0.25, 0.3) is 0 Å². The zero-order valence-electron chi connectivity index (χ0n) is 15.3. The summed E-state index contributed by atoms with van der Waals surface area (Å²) in [5, 5.41) is 1.07. The van der Waals surface area contributed by atoms with E-state index in [0.717, 1.165) is 48.5 Å². The third-order valence-electron chi connectivity index (χ3n) is 5.57.